The lowest BCUT2D eigenvalue weighted by molar-refractivity contribution is -0.124. The van der Waals surface area contributed by atoms with Gasteiger partial charge >= 0.3 is 0 Å². The minimum Gasteiger partial charge on any atom is -0.289 e. The summed E-state index contributed by atoms with van der Waals surface area (Å²) in [4.78, 5) is 14.0. The maximum atomic E-state index is 13.9. The van der Waals surface area contributed by atoms with E-state index in [1.807, 2.05) is 4.72 Å². The highest BCUT2D eigenvalue weighted by atomic mass is 35.5. The Labute approximate surface area is 146 Å². The van der Waals surface area contributed by atoms with Gasteiger partial charge in [0.25, 0.3) is 15.9 Å². The van der Waals surface area contributed by atoms with Crippen LogP contribution in [0.25, 0.3) is 0 Å². The minimum absolute atomic E-state index is 0.0981. The first-order valence-corrected chi connectivity index (χ1v) is 10.0. The number of amides is 1. The molecule has 24 heavy (non-hydrogen) atoms. The maximum Gasteiger partial charge on any atom is 0.267 e. The van der Waals surface area contributed by atoms with Crippen LogP contribution in [0.3, 0.4) is 0 Å². The van der Waals surface area contributed by atoms with E-state index in [-0.39, 0.29) is 5.02 Å². The van der Waals surface area contributed by atoms with Gasteiger partial charge in [-0.25, -0.2) is 17.5 Å². The Kier molecular flexibility index (Phi) is 5.13. The molecule has 8 heteroatoms. The van der Waals surface area contributed by atoms with Crippen molar-refractivity contribution in [3.8, 4) is 0 Å². The van der Waals surface area contributed by atoms with Gasteiger partial charge in [-0.2, -0.15) is 0 Å². The third-order valence-electron chi connectivity index (χ3n) is 4.81. The monoisotopic (exact) mass is 374 g/mol. The highest BCUT2D eigenvalue weighted by Crippen LogP contribution is 2.30. The molecular formula is C16H20ClFN2O3S. The van der Waals surface area contributed by atoms with Crippen LogP contribution in [-0.2, 0) is 14.8 Å². The number of hydrogen-bond donors (Lipinski definition) is 1. The number of benzene rings is 1. The SMILES string of the molecule is O=C(NS(=O)(=O)c1ccc(Cl)cc1F)C1CCCN1C1CCCC1. The zero-order valence-corrected chi connectivity index (χ0v) is 14.7. The summed E-state index contributed by atoms with van der Waals surface area (Å²) in [5, 5.41) is 0.0981. The fraction of sp³-hybridized carbons (Fsp3) is 0.562. The van der Waals surface area contributed by atoms with Crippen LogP contribution in [0.4, 0.5) is 4.39 Å². The maximum absolute atomic E-state index is 13.9. The molecule has 0 aromatic heterocycles. The molecule has 1 saturated heterocycles. The summed E-state index contributed by atoms with van der Waals surface area (Å²) in [6.45, 7) is 0.804. The molecule has 0 spiro atoms. The van der Waals surface area contributed by atoms with Crippen LogP contribution in [-0.4, -0.2) is 37.9 Å². The van der Waals surface area contributed by atoms with E-state index in [4.69, 9.17) is 11.6 Å². The zero-order valence-electron chi connectivity index (χ0n) is 13.2. The summed E-state index contributed by atoms with van der Waals surface area (Å²) in [6.07, 6.45) is 5.86. The quantitative estimate of drug-likeness (QED) is 0.879. The molecule has 1 aliphatic heterocycles. The van der Waals surface area contributed by atoms with Crippen molar-refractivity contribution < 1.29 is 17.6 Å². The number of nitrogens with zero attached hydrogens (tertiary/aromatic N) is 1. The van der Waals surface area contributed by atoms with Crippen molar-refractivity contribution in [1.29, 1.82) is 0 Å². The van der Waals surface area contributed by atoms with Gasteiger partial charge in [0, 0.05) is 11.1 Å². The van der Waals surface area contributed by atoms with Crippen LogP contribution in [0.2, 0.25) is 5.02 Å². The van der Waals surface area contributed by atoms with Crippen LogP contribution in [0, 0.1) is 5.82 Å². The van der Waals surface area contributed by atoms with Crippen molar-refractivity contribution in [2.24, 2.45) is 0 Å². The largest absolute Gasteiger partial charge is 0.289 e. The normalized spacial score (nSPS) is 22.8. The van der Waals surface area contributed by atoms with Crippen molar-refractivity contribution in [3.05, 3.63) is 29.0 Å². The summed E-state index contributed by atoms with van der Waals surface area (Å²) in [6, 6.07) is 3.15. The van der Waals surface area contributed by atoms with Crippen LogP contribution in [0.5, 0.6) is 0 Å². The molecule has 3 rings (SSSR count). The summed E-state index contributed by atoms with van der Waals surface area (Å²) in [7, 11) is -4.25. The molecular weight excluding hydrogens is 355 g/mol. The van der Waals surface area contributed by atoms with Gasteiger partial charge in [0.1, 0.15) is 10.7 Å². The van der Waals surface area contributed by atoms with Crippen molar-refractivity contribution in [3.63, 3.8) is 0 Å². The lowest BCUT2D eigenvalue weighted by Crippen LogP contribution is -2.48. The minimum atomic E-state index is -4.25. The Morgan fingerprint density at radius 1 is 1.21 bits per heavy atom. The topological polar surface area (TPSA) is 66.5 Å². The van der Waals surface area contributed by atoms with Crippen molar-refractivity contribution in [2.45, 2.75) is 55.5 Å². The molecule has 1 unspecified atom stereocenters. The molecule has 1 aliphatic carbocycles. The van der Waals surface area contributed by atoms with Crippen LogP contribution in [0.15, 0.2) is 23.1 Å². The van der Waals surface area contributed by atoms with Gasteiger partial charge in [-0.1, -0.05) is 24.4 Å². The van der Waals surface area contributed by atoms with E-state index in [1.54, 1.807) is 0 Å². The number of carbonyl (C=O) groups excluding carboxylic acids is 1. The smallest absolute Gasteiger partial charge is 0.267 e. The molecule has 1 atom stereocenters. The molecule has 1 N–H and O–H groups in total. The molecule has 132 valence electrons. The summed E-state index contributed by atoms with van der Waals surface area (Å²) >= 11 is 5.64. The highest BCUT2D eigenvalue weighted by molar-refractivity contribution is 7.90. The van der Waals surface area contributed by atoms with Gasteiger partial charge in [0.15, 0.2) is 0 Å². The standard InChI is InChI=1S/C16H20ClFN2O3S/c17-11-7-8-15(13(18)10-11)24(22,23)19-16(21)14-6-3-9-20(14)12-4-1-2-5-12/h7-8,10,12,14H,1-6,9H2,(H,19,21). The Balaban J connectivity index is 1.75. The molecule has 2 fully saturated rings. The van der Waals surface area contributed by atoms with E-state index in [1.165, 1.54) is 6.07 Å². The zero-order chi connectivity index (χ0) is 17.3. The van der Waals surface area contributed by atoms with E-state index in [0.29, 0.717) is 12.5 Å². The van der Waals surface area contributed by atoms with Crippen LogP contribution in [0.1, 0.15) is 38.5 Å². The lowest BCUT2D eigenvalue weighted by Gasteiger charge is -2.29. The first-order chi connectivity index (χ1) is 11.4. The first-order valence-electron chi connectivity index (χ1n) is 8.16. The summed E-state index contributed by atoms with van der Waals surface area (Å²) < 4.78 is 40.6. The third-order valence-corrected chi connectivity index (χ3v) is 6.42. The number of hydrogen-bond acceptors (Lipinski definition) is 4. The second kappa shape index (κ2) is 6.98. The predicted molar refractivity (Wildman–Crippen MR) is 88.7 cm³/mol. The van der Waals surface area contributed by atoms with Gasteiger partial charge in [-0.3, -0.25) is 9.69 Å². The van der Waals surface area contributed by atoms with E-state index < -0.39 is 32.7 Å². The molecule has 0 bridgehead atoms. The lowest BCUT2D eigenvalue weighted by atomic mass is 10.1. The fourth-order valence-corrected chi connectivity index (χ4v) is 4.92. The average Bonchev–Trinajstić information content (AvgIpc) is 3.17. The van der Waals surface area contributed by atoms with Crippen molar-refractivity contribution in [1.82, 2.24) is 9.62 Å². The number of sulfonamides is 1. The van der Waals surface area contributed by atoms with Crippen molar-refractivity contribution >= 4 is 27.5 Å². The van der Waals surface area contributed by atoms with Gasteiger partial charge < -0.3 is 0 Å². The van der Waals surface area contributed by atoms with E-state index >= 15 is 0 Å². The van der Waals surface area contributed by atoms with Gasteiger partial charge in [0.05, 0.1) is 6.04 Å². The Hall–Kier alpha value is -1.18. The fourth-order valence-electron chi connectivity index (χ4n) is 3.69. The number of rotatable bonds is 4. The molecule has 0 radical (unpaired) electrons. The molecule has 1 heterocycles. The molecule has 1 amide bonds. The summed E-state index contributed by atoms with van der Waals surface area (Å²) in [5.41, 5.74) is 0. The number of halogens is 2. The van der Waals surface area contributed by atoms with Gasteiger partial charge in [-0.15, -0.1) is 0 Å². The highest BCUT2D eigenvalue weighted by Gasteiger charge is 2.38. The Morgan fingerprint density at radius 3 is 2.58 bits per heavy atom. The van der Waals surface area contributed by atoms with Crippen molar-refractivity contribution in [2.75, 3.05) is 6.54 Å². The second-order valence-corrected chi connectivity index (χ2v) is 8.47. The molecule has 1 saturated carbocycles. The van der Waals surface area contributed by atoms with E-state index in [0.717, 1.165) is 50.8 Å². The van der Waals surface area contributed by atoms with E-state index in [9.17, 15) is 17.6 Å². The molecule has 2 aliphatic rings. The third kappa shape index (κ3) is 3.58. The predicted octanol–water partition coefficient (Wildman–Crippen LogP) is 2.69. The van der Waals surface area contributed by atoms with E-state index in [2.05, 4.69) is 4.90 Å². The summed E-state index contributed by atoms with van der Waals surface area (Å²) in [5.74, 6) is -1.55. The van der Waals surface area contributed by atoms with Crippen LogP contribution >= 0.6 is 11.6 Å². The van der Waals surface area contributed by atoms with Gasteiger partial charge in [0.2, 0.25) is 0 Å². The molecule has 1 aromatic carbocycles. The first kappa shape index (κ1) is 17.6. The number of likely N-dealkylation sites (tertiary alicyclic amines) is 1. The Bertz CT molecular complexity index is 735. The van der Waals surface area contributed by atoms with Gasteiger partial charge in [-0.05, 0) is 50.4 Å². The Morgan fingerprint density at radius 2 is 1.92 bits per heavy atom. The molecule has 5 nitrogen and oxygen atoms in total. The second-order valence-electron chi connectivity index (χ2n) is 6.38. The molecule has 1 aromatic rings. The number of carbonyl (C=O) groups is 1. The van der Waals surface area contributed by atoms with Crippen LogP contribution < -0.4 is 4.72 Å². The average molecular weight is 375 g/mol. The number of nitrogens with one attached hydrogen (secondary N) is 1.